The molecule has 0 aliphatic rings. The van der Waals surface area contributed by atoms with E-state index in [0.29, 0.717) is 19.7 Å². The topological polar surface area (TPSA) is 68.5 Å². The van der Waals surface area contributed by atoms with Crippen LogP contribution >= 0.6 is 0 Å². The molecule has 1 aromatic carbocycles. The quantitative estimate of drug-likeness (QED) is 0.782. The Morgan fingerprint density at radius 1 is 1.26 bits per heavy atom. The van der Waals surface area contributed by atoms with Gasteiger partial charge in [0.25, 0.3) is 0 Å². The lowest BCUT2D eigenvalue weighted by atomic mass is 10.2. The Balaban J connectivity index is 2.16. The number of benzene rings is 1. The molecule has 0 spiro atoms. The van der Waals surface area contributed by atoms with Crippen molar-refractivity contribution >= 4 is 5.82 Å². The Hall–Kier alpha value is -2.21. The molecular weight excluding hydrogens is 294 g/mol. The molecule has 6 heteroatoms. The highest BCUT2D eigenvalue weighted by Gasteiger charge is 2.11. The monoisotopic (exact) mass is 319 g/mol. The van der Waals surface area contributed by atoms with Gasteiger partial charge in [-0.15, -0.1) is 0 Å². The van der Waals surface area contributed by atoms with Gasteiger partial charge in [0.05, 0.1) is 32.6 Å². The third kappa shape index (κ3) is 3.96. The van der Waals surface area contributed by atoms with Crippen molar-refractivity contribution in [3.63, 3.8) is 0 Å². The van der Waals surface area contributed by atoms with E-state index in [0.717, 1.165) is 34.1 Å². The molecule has 0 bridgehead atoms. The summed E-state index contributed by atoms with van der Waals surface area (Å²) < 4.78 is 12.7. The molecule has 0 aliphatic carbocycles. The van der Waals surface area contributed by atoms with Crippen molar-refractivity contribution in [2.45, 2.75) is 33.9 Å². The predicted molar refractivity (Wildman–Crippen MR) is 90.3 cm³/mol. The van der Waals surface area contributed by atoms with E-state index in [9.17, 15) is 0 Å². The van der Waals surface area contributed by atoms with Gasteiger partial charge >= 0.3 is 0 Å². The molecule has 2 aromatic rings. The average molecular weight is 319 g/mol. The zero-order valence-electron chi connectivity index (χ0n) is 14.2. The Bertz CT molecular complexity index is 653. The van der Waals surface area contributed by atoms with Gasteiger partial charge in [0.2, 0.25) is 0 Å². The number of hydrogen-bond donors (Lipinski definition) is 2. The smallest absolute Gasteiger partial charge is 0.161 e. The number of aliphatic hydroxyl groups excluding tert-OH is 1. The molecule has 0 saturated heterocycles. The first-order valence-corrected chi connectivity index (χ1v) is 7.79. The van der Waals surface area contributed by atoms with E-state index in [1.807, 2.05) is 39.0 Å². The number of aliphatic hydroxyl groups is 1. The number of hydrogen-bond acceptors (Lipinski definition) is 5. The first-order chi connectivity index (χ1) is 11.1. The fourth-order valence-corrected chi connectivity index (χ4v) is 2.44. The van der Waals surface area contributed by atoms with Crippen molar-refractivity contribution in [1.29, 1.82) is 0 Å². The number of anilines is 1. The summed E-state index contributed by atoms with van der Waals surface area (Å²) in [7, 11) is 1.63. The lowest BCUT2D eigenvalue weighted by molar-refractivity contribution is 0.270. The summed E-state index contributed by atoms with van der Waals surface area (Å²) in [5, 5.41) is 17.0. The molecule has 0 radical (unpaired) electrons. The van der Waals surface area contributed by atoms with Crippen LogP contribution in [0.2, 0.25) is 0 Å². The van der Waals surface area contributed by atoms with Crippen molar-refractivity contribution in [1.82, 2.24) is 9.78 Å². The molecule has 1 heterocycles. The first kappa shape index (κ1) is 17.1. The Labute approximate surface area is 137 Å². The molecule has 126 valence electrons. The first-order valence-electron chi connectivity index (χ1n) is 7.79. The summed E-state index contributed by atoms with van der Waals surface area (Å²) in [5.74, 6) is 2.41. The van der Waals surface area contributed by atoms with Crippen LogP contribution in [0.1, 0.15) is 23.7 Å². The van der Waals surface area contributed by atoms with Crippen molar-refractivity contribution in [2.24, 2.45) is 0 Å². The van der Waals surface area contributed by atoms with E-state index >= 15 is 0 Å². The number of nitrogens with one attached hydrogen (secondary N) is 1. The molecule has 0 amide bonds. The Morgan fingerprint density at radius 3 is 2.70 bits per heavy atom. The van der Waals surface area contributed by atoms with Gasteiger partial charge in [0.1, 0.15) is 5.82 Å². The van der Waals surface area contributed by atoms with Crippen LogP contribution in [0.3, 0.4) is 0 Å². The van der Waals surface area contributed by atoms with Crippen LogP contribution in [-0.2, 0) is 13.1 Å². The average Bonchev–Trinajstić information content (AvgIpc) is 2.81. The van der Waals surface area contributed by atoms with Crippen LogP contribution in [0.5, 0.6) is 11.5 Å². The molecular formula is C17H25N3O3. The fraction of sp³-hybridized carbons (Fsp3) is 0.471. The number of rotatable bonds is 8. The van der Waals surface area contributed by atoms with Crippen LogP contribution in [-0.4, -0.2) is 35.2 Å². The van der Waals surface area contributed by atoms with Crippen LogP contribution in [0.4, 0.5) is 5.82 Å². The van der Waals surface area contributed by atoms with Crippen LogP contribution in [0, 0.1) is 13.8 Å². The van der Waals surface area contributed by atoms with Gasteiger partial charge in [-0.05, 0) is 38.5 Å². The molecule has 6 nitrogen and oxygen atoms in total. The van der Waals surface area contributed by atoms with E-state index in [4.69, 9.17) is 14.6 Å². The van der Waals surface area contributed by atoms with E-state index in [1.54, 1.807) is 11.8 Å². The van der Waals surface area contributed by atoms with Gasteiger partial charge in [-0.25, -0.2) is 4.68 Å². The second kappa shape index (κ2) is 7.87. The maximum atomic E-state index is 9.16. The molecule has 2 rings (SSSR count). The second-order valence-electron chi connectivity index (χ2n) is 5.28. The molecule has 0 fully saturated rings. The molecule has 0 atom stereocenters. The molecule has 0 aliphatic heterocycles. The zero-order valence-corrected chi connectivity index (χ0v) is 14.2. The molecule has 1 aromatic heterocycles. The second-order valence-corrected chi connectivity index (χ2v) is 5.28. The maximum Gasteiger partial charge on any atom is 0.161 e. The minimum absolute atomic E-state index is 0.0618. The number of nitrogens with zero attached hydrogens (tertiary/aromatic N) is 2. The SMILES string of the molecule is CCOc1cc(CNc2c(C)c(C)nn2CCO)ccc1OC. The Kier molecular flexibility index (Phi) is 5.87. The van der Waals surface area contributed by atoms with Gasteiger partial charge in [-0.3, -0.25) is 0 Å². The van der Waals surface area contributed by atoms with Gasteiger partial charge in [0.15, 0.2) is 11.5 Å². The fourth-order valence-electron chi connectivity index (χ4n) is 2.44. The van der Waals surface area contributed by atoms with E-state index in [2.05, 4.69) is 10.4 Å². The highest BCUT2D eigenvalue weighted by molar-refractivity contribution is 5.48. The standard InChI is InChI=1S/C17H25N3O3/c1-5-23-16-10-14(6-7-15(16)22-4)11-18-17-12(2)13(3)19-20(17)8-9-21/h6-7,10,18,21H,5,8-9,11H2,1-4H3. The Morgan fingerprint density at radius 2 is 2.04 bits per heavy atom. The lowest BCUT2D eigenvalue weighted by Crippen LogP contribution is -2.11. The minimum Gasteiger partial charge on any atom is -0.493 e. The summed E-state index contributed by atoms with van der Waals surface area (Å²) in [6.07, 6.45) is 0. The summed E-state index contributed by atoms with van der Waals surface area (Å²) in [6.45, 7) is 7.71. The van der Waals surface area contributed by atoms with Gasteiger partial charge in [-0.1, -0.05) is 6.07 Å². The van der Waals surface area contributed by atoms with Gasteiger partial charge in [-0.2, -0.15) is 5.10 Å². The molecule has 2 N–H and O–H groups in total. The minimum atomic E-state index is 0.0618. The largest absolute Gasteiger partial charge is 0.493 e. The van der Waals surface area contributed by atoms with Crippen molar-refractivity contribution < 1.29 is 14.6 Å². The molecule has 0 unspecified atom stereocenters. The third-order valence-electron chi connectivity index (χ3n) is 3.73. The third-order valence-corrected chi connectivity index (χ3v) is 3.73. The highest BCUT2D eigenvalue weighted by atomic mass is 16.5. The van der Waals surface area contributed by atoms with E-state index in [-0.39, 0.29) is 6.61 Å². The highest BCUT2D eigenvalue weighted by Crippen LogP contribution is 2.28. The van der Waals surface area contributed by atoms with Crippen molar-refractivity contribution in [3.8, 4) is 11.5 Å². The van der Waals surface area contributed by atoms with Crippen LogP contribution in [0.25, 0.3) is 0 Å². The molecule has 23 heavy (non-hydrogen) atoms. The predicted octanol–water partition coefficient (Wildman–Crippen LogP) is 2.51. The summed E-state index contributed by atoms with van der Waals surface area (Å²) >= 11 is 0. The van der Waals surface area contributed by atoms with Crippen LogP contribution < -0.4 is 14.8 Å². The number of methoxy groups -OCH3 is 1. The number of aryl methyl sites for hydroxylation is 1. The maximum absolute atomic E-state index is 9.16. The lowest BCUT2D eigenvalue weighted by Gasteiger charge is -2.13. The van der Waals surface area contributed by atoms with Crippen molar-refractivity contribution in [2.75, 3.05) is 25.6 Å². The normalized spacial score (nSPS) is 10.7. The summed E-state index contributed by atoms with van der Waals surface area (Å²) in [4.78, 5) is 0. The molecule has 0 saturated carbocycles. The van der Waals surface area contributed by atoms with Crippen molar-refractivity contribution in [3.05, 3.63) is 35.0 Å². The summed E-state index contributed by atoms with van der Waals surface area (Å²) in [5.41, 5.74) is 3.14. The number of aromatic nitrogens is 2. The number of ether oxygens (including phenoxy) is 2. The van der Waals surface area contributed by atoms with E-state index < -0.39 is 0 Å². The zero-order chi connectivity index (χ0) is 16.8. The van der Waals surface area contributed by atoms with E-state index in [1.165, 1.54) is 0 Å². The van der Waals surface area contributed by atoms with Gasteiger partial charge < -0.3 is 19.9 Å². The van der Waals surface area contributed by atoms with Gasteiger partial charge in [0, 0.05) is 12.1 Å². The summed E-state index contributed by atoms with van der Waals surface area (Å²) in [6, 6.07) is 5.89. The van der Waals surface area contributed by atoms with Crippen LogP contribution in [0.15, 0.2) is 18.2 Å².